The van der Waals surface area contributed by atoms with Crippen LogP contribution < -0.4 is 0 Å². The van der Waals surface area contributed by atoms with Crippen molar-refractivity contribution < 1.29 is 38.7 Å². The number of hydrogen-bond donors (Lipinski definition) is 2. The Morgan fingerprint density at radius 3 is 1.26 bits per heavy atom. The highest BCUT2D eigenvalue weighted by molar-refractivity contribution is 5.70. The van der Waals surface area contributed by atoms with Crippen LogP contribution in [-0.4, -0.2) is 61.8 Å². The molecule has 2 N–H and O–H groups in total. The Kier molecular flexibility index (Phi) is 13.3. The second kappa shape index (κ2) is 15.9. The van der Waals surface area contributed by atoms with Gasteiger partial charge in [-0.3, -0.25) is 9.59 Å². The molecular formula is C34H50O8. The van der Waals surface area contributed by atoms with E-state index in [4.69, 9.17) is 18.9 Å². The topological polar surface area (TPSA) is 112 Å². The minimum absolute atomic E-state index is 0.163. The predicted octanol–water partition coefficient (Wildman–Crippen LogP) is 5.99. The van der Waals surface area contributed by atoms with Crippen molar-refractivity contribution in [1.82, 2.24) is 0 Å². The van der Waals surface area contributed by atoms with Crippen LogP contribution in [0.5, 0.6) is 11.5 Å². The first kappa shape index (κ1) is 35.1. The number of phenols is 2. The van der Waals surface area contributed by atoms with Gasteiger partial charge in [0.25, 0.3) is 0 Å². The third-order valence-electron chi connectivity index (χ3n) is 7.16. The zero-order valence-corrected chi connectivity index (χ0v) is 26.7. The summed E-state index contributed by atoms with van der Waals surface area (Å²) < 4.78 is 21.4. The average molecular weight is 587 g/mol. The van der Waals surface area contributed by atoms with Gasteiger partial charge in [-0.15, -0.1) is 0 Å². The van der Waals surface area contributed by atoms with E-state index in [1.807, 2.05) is 26.0 Å². The Hall–Kier alpha value is -3.10. The lowest BCUT2D eigenvalue weighted by molar-refractivity contribution is -0.147. The number of aromatic hydroxyl groups is 2. The highest BCUT2D eigenvalue weighted by Crippen LogP contribution is 2.36. The van der Waals surface area contributed by atoms with Gasteiger partial charge in [0.05, 0.1) is 26.4 Å². The lowest BCUT2D eigenvalue weighted by Crippen LogP contribution is -2.16. The fourth-order valence-electron chi connectivity index (χ4n) is 5.28. The largest absolute Gasteiger partial charge is 0.508 e. The van der Waals surface area contributed by atoms with Gasteiger partial charge in [0.2, 0.25) is 0 Å². The van der Waals surface area contributed by atoms with Gasteiger partial charge in [0.15, 0.2) is 0 Å². The fraction of sp³-hybridized carbons (Fsp3) is 0.588. The van der Waals surface area contributed by atoms with Gasteiger partial charge in [-0.2, -0.15) is 0 Å². The molecule has 0 atom stereocenters. The molecule has 0 amide bonds. The summed E-state index contributed by atoms with van der Waals surface area (Å²) in [5.41, 5.74) is 5.48. The molecule has 0 aliphatic rings. The van der Waals surface area contributed by atoms with E-state index < -0.39 is 0 Å². The Balaban J connectivity index is 1.54. The fourth-order valence-corrected chi connectivity index (χ4v) is 5.28. The maximum absolute atomic E-state index is 12.1. The summed E-state index contributed by atoms with van der Waals surface area (Å²) in [7, 11) is 0. The van der Waals surface area contributed by atoms with Gasteiger partial charge < -0.3 is 29.2 Å². The van der Waals surface area contributed by atoms with Gasteiger partial charge in [-0.05, 0) is 71.9 Å². The Bertz CT molecular complexity index is 1090. The summed E-state index contributed by atoms with van der Waals surface area (Å²) in [5.74, 6) is -0.0335. The molecule has 0 spiro atoms. The van der Waals surface area contributed by atoms with Gasteiger partial charge in [0.1, 0.15) is 24.7 Å². The molecule has 0 bridgehead atoms. The molecule has 2 aromatic carbocycles. The molecule has 0 saturated carbocycles. The van der Waals surface area contributed by atoms with Gasteiger partial charge >= 0.3 is 11.9 Å². The molecule has 8 nitrogen and oxygen atoms in total. The van der Waals surface area contributed by atoms with Crippen molar-refractivity contribution >= 4 is 11.9 Å². The van der Waals surface area contributed by atoms with E-state index in [1.165, 1.54) is 0 Å². The highest BCUT2D eigenvalue weighted by atomic mass is 16.6. The van der Waals surface area contributed by atoms with E-state index in [0.717, 1.165) is 33.4 Å². The highest BCUT2D eigenvalue weighted by Gasteiger charge is 2.23. The summed E-state index contributed by atoms with van der Waals surface area (Å²) in [4.78, 5) is 24.3. The average Bonchev–Trinajstić information content (AvgIpc) is 2.87. The second-order valence-corrected chi connectivity index (χ2v) is 12.7. The summed E-state index contributed by atoms with van der Waals surface area (Å²) in [6.45, 7) is 17.8. The third kappa shape index (κ3) is 11.0. The predicted molar refractivity (Wildman–Crippen MR) is 163 cm³/mol. The first-order chi connectivity index (χ1) is 19.6. The summed E-state index contributed by atoms with van der Waals surface area (Å²) in [6, 6.07) is 7.10. The van der Waals surface area contributed by atoms with Crippen molar-refractivity contribution in [3.8, 4) is 11.5 Å². The van der Waals surface area contributed by atoms with E-state index >= 15 is 0 Å². The van der Waals surface area contributed by atoms with Crippen molar-refractivity contribution in [2.45, 2.75) is 91.9 Å². The minimum atomic E-state index is -0.295. The number of carbonyl (C=O) groups is 2. The smallest absolute Gasteiger partial charge is 0.306 e. The quantitative estimate of drug-likeness (QED) is 0.193. The van der Waals surface area contributed by atoms with Crippen LogP contribution in [0.3, 0.4) is 0 Å². The maximum Gasteiger partial charge on any atom is 0.306 e. The molecule has 0 radical (unpaired) electrons. The van der Waals surface area contributed by atoms with Crippen molar-refractivity contribution in [1.29, 1.82) is 0 Å². The number of ether oxygens (including phenoxy) is 4. The summed E-state index contributed by atoms with van der Waals surface area (Å²) in [5, 5.41) is 20.5. The normalized spacial score (nSPS) is 11.9. The van der Waals surface area contributed by atoms with Crippen LogP contribution in [0, 0.1) is 13.8 Å². The molecule has 2 rings (SSSR count). The molecule has 0 aliphatic carbocycles. The summed E-state index contributed by atoms with van der Waals surface area (Å²) in [6.07, 6.45) is 1.59. The second-order valence-electron chi connectivity index (χ2n) is 12.7. The third-order valence-corrected chi connectivity index (χ3v) is 7.16. The Labute approximate surface area is 251 Å². The zero-order valence-electron chi connectivity index (χ0n) is 26.7. The van der Waals surface area contributed by atoms with E-state index in [1.54, 1.807) is 12.1 Å². The maximum atomic E-state index is 12.1. The molecule has 42 heavy (non-hydrogen) atoms. The van der Waals surface area contributed by atoms with E-state index in [-0.39, 0.29) is 73.5 Å². The van der Waals surface area contributed by atoms with Crippen LogP contribution in [0.15, 0.2) is 24.3 Å². The number of aryl methyl sites for hydroxylation is 2. The van der Waals surface area contributed by atoms with Crippen molar-refractivity contribution in [3.63, 3.8) is 0 Å². The number of rotatable bonds is 15. The zero-order chi connectivity index (χ0) is 31.5. The SMILES string of the molecule is Cc1c(CCC(=O)OCCOCCOCCOC(=O)CCc2ccc(O)c(C(C)(C)C)c2C)ccc(O)c1C(C)(C)C. The minimum Gasteiger partial charge on any atom is -0.508 e. The first-order valence-electron chi connectivity index (χ1n) is 14.7. The molecule has 0 aromatic heterocycles. The molecule has 0 fully saturated rings. The number of phenolic OH excluding ortho intramolecular Hbond substituents is 2. The van der Waals surface area contributed by atoms with Gasteiger partial charge in [0, 0.05) is 24.0 Å². The number of carbonyl (C=O) groups excluding carboxylic acids is 2. The molecule has 0 heterocycles. The molecule has 0 saturated heterocycles. The Morgan fingerprint density at radius 2 is 0.929 bits per heavy atom. The standard InChI is InChI=1S/C34H50O8/c1-23-25(9-13-27(35)31(23)33(3,4)5)11-15-29(37)41-21-19-39-17-18-40-20-22-42-30(38)16-12-26-10-14-28(36)32(24(26)2)34(6,7)8/h9-10,13-14,35-36H,11-12,15-22H2,1-8H3. The number of hydrogen-bond acceptors (Lipinski definition) is 8. The molecular weight excluding hydrogens is 536 g/mol. The van der Waals surface area contributed by atoms with E-state index in [9.17, 15) is 19.8 Å². The van der Waals surface area contributed by atoms with Crippen LogP contribution in [0.1, 0.15) is 87.8 Å². The van der Waals surface area contributed by atoms with Crippen LogP contribution >= 0.6 is 0 Å². The van der Waals surface area contributed by atoms with Gasteiger partial charge in [-0.25, -0.2) is 0 Å². The lowest BCUT2D eigenvalue weighted by atomic mass is 9.81. The molecule has 0 unspecified atom stereocenters. The molecule has 8 heteroatoms. The van der Waals surface area contributed by atoms with Crippen molar-refractivity contribution in [2.24, 2.45) is 0 Å². The van der Waals surface area contributed by atoms with E-state index in [0.29, 0.717) is 26.1 Å². The van der Waals surface area contributed by atoms with E-state index in [2.05, 4.69) is 41.5 Å². The number of esters is 2. The van der Waals surface area contributed by atoms with Crippen LogP contribution in [0.2, 0.25) is 0 Å². The number of benzene rings is 2. The molecule has 234 valence electrons. The molecule has 0 aliphatic heterocycles. The van der Waals surface area contributed by atoms with Crippen molar-refractivity contribution in [2.75, 3.05) is 39.6 Å². The van der Waals surface area contributed by atoms with Crippen molar-refractivity contribution in [3.05, 3.63) is 57.6 Å². The van der Waals surface area contributed by atoms with Crippen LogP contribution in [0.4, 0.5) is 0 Å². The summed E-state index contributed by atoms with van der Waals surface area (Å²) >= 11 is 0. The first-order valence-corrected chi connectivity index (χ1v) is 14.7. The van der Waals surface area contributed by atoms with Crippen LogP contribution in [0.25, 0.3) is 0 Å². The van der Waals surface area contributed by atoms with Gasteiger partial charge in [-0.1, -0.05) is 53.7 Å². The Morgan fingerprint density at radius 1 is 0.595 bits per heavy atom. The monoisotopic (exact) mass is 586 g/mol. The molecule has 2 aromatic rings. The lowest BCUT2D eigenvalue weighted by Gasteiger charge is -2.24. The van der Waals surface area contributed by atoms with Crippen LogP contribution in [-0.2, 0) is 52.2 Å².